The van der Waals surface area contributed by atoms with Gasteiger partial charge in [0.15, 0.2) is 0 Å². The molecule has 0 unspecified atom stereocenters. The van der Waals surface area contributed by atoms with Gasteiger partial charge in [-0.2, -0.15) is 4.80 Å². The first-order chi connectivity index (χ1) is 15.9. The van der Waals surface area contributed by atoms with Crippen LogP contribution in [0.5, 0.6) is 11.5 Å². The molecule has 1 N–H and O–H groups in total. The Labute approximate surface area is 193 Å². The van der Waals surface area contributed by atoms with E-state index in [1.165, 1.54) is 0 Å². The normalized spacial score (nSPS) is 11.1. The van der Waals surface area contributed by atoms with Crippen LogP contribution in [0.1, 0.15) is 36.7 Å². The zero-order valence-electron chi connectivity index (χ0n) is 19.3. The summed E-state index contributed by atoms with van der Waals surface area (Å²) in [4.78, 5) is 14.5. The minimum atomic E-state index is -0.202. The molecule has 7 heteroatoms. The number of fused-ring (bicyclic) bond motifs is 1. The number of nitrogens with zero attached hydrogens (tertiary/aromatic N) is 3. The third kappa shape index (κ3) is 5.31. The monoisotopic (exact) mass is 444 g/mol. The van der Waals surface area contributed by atoms with Crippen molar-refractivity contribution in [1.82, 2.24) is 15.0 Å². The number of rotatable bonds is 8. The largest absolute Gasteiger partial charge is 0.494 e. The third-order valence-electron chi connectivity index (χ3n) is 5.03. The minimum Gasteiger partial charge on any atom is -0.494 e. The Morgan fingerprint density at radius 2 is 1.70 bits per heavy atom. The van der Waals surface area contributed by atoms with Crippen LogP contribution >= 0.6 is 0 Å². The van der Waals surface area contributed by atoms with Crippen LogP contribution in [-0.2, 0) is 0 Å². The van der Waals surface area contributed by atoms with E-state index in [0.29, 0.717) is 41.6 Å². The number of amides is 1. The lowest BCUT2D eigenvalue weighted by Gasteiger charge is -2.11. The molecule has 0 aliphatic heterocycles. The summed E-state index contributed by atoms with van der Waals surface area (Å²) in [5.74, 6) is 1.69. The van der Waals surface area contributed by atoms with E-state index in [0.717, 1.165) is 22.5 Å². The van der Waals surface area contributed by atoms with Crippen molar-refractivity contribution in [1.29, 1.82) is 0 Å². The van der Waals surface area contributed by atoms with Crippen LogP contribution in [0.4, 0.5) is 5.69 Å². The van der Waals surface area contributed by atoms with Gasteiger partial charge < -0.3 is 14.8 Å². The van der Waals surface area contributed by atoms with E-state index in [1.54, 1.807) is 16.9 Å². The SMILES string of the molecule is CCOc1ccc(-n2nc3cc(C)c(NC(=O)c4cccc(OCC(C)C)c4)cc3n2)cc1. The van der Waals surface area contributed by atoms with E-state index in [1.807, 2.05) is 62.4 Å². The van der Waals surface area contributed by atoms with Crippen LogP contribution in [0, 0.1) is 12.8 Å². The first-order valence-electron chi connectivity index (χ1n) is 11.1. The van der Waals surface area contributed by atoms with Crippen LogP contribution in [-0.4, -0.2) is 34.1 Å². The molecule has 1 aromatic heterocycles. The van der Waals surface area contributed by atoms with Gasteiger partial charge in [-0.15, -0.1) is 10.2 Å². The van der Waals surface area contributed by atoms with Crippen molar-refractivity contribution < 1.29 is 14.3 Å². The number of hydrogen-bond donors (Lipinski definition) is 1. The molecule has 7 nitrogen and oxygen atoms in total. The van der Waals surface area contributed by atoms with Gasteiger partial charge >= 0.3 is 0 Å². The molecule has 1 amide bonds. The lowest BCUT2D eigenvalue weighted by atomic mass is 10.1. The van der Waals surface area contributed by atoms with Crippen LogP contribution in [0.3, 0.4) is 0 Å². The molecule has 4 rings (SSSR count). The highest BCUT2D eigenvalue weighted by Crippen LogP contribution is 2.24. The van der Waals surface area contributed by atoms with Gasteiger partial charge in [0, 0.05) is 11.3 Å². The molecule has 4 aromatic rings. The van der Waals surface area contributed by atoms with Crippen molar-refractivity contribution in [2.75, 3.05) is 18.5 Å². The molecular formula is C26H28N4O3. The number of carbonyl (C=O) groups excluding carboxylic acids is 1. The van der Waals surface area contributed by atoms with Crippen molar-refractivity contribution in [3.63, 3.8) is 0 Å². The molecule has 1 heterocycles. The molecule has 0 aliphatic carbocycles. The average Bonchev–Trinajstić information content (AvgIpc) is 3.21. The maximum absolute atomic E-state index is 12.9. The Hall–Kier alpha value is -3.87. The predicted molar refractivity (Wildman–Crippen MR) is 129 cm³/mol. The summed E-state index contributed by atoms with van der Waals surface area (Å²) in [6.07, 6.45) is 0. The van der Waals surface area contributed by atoms with E-state index in [4.69, 9.17) is 9.47 Å². The fourth-order valence-corrected chi connectivity index (χ4v) is 3.34. The molecule has 0 bridgehead atoms. The van der Waals surface area contributed by atoms with Crippen LogP contribution in [0.25, 0.3) is 16.7 Å². The lowest BCUT2D eigenvalue weighted by Crippen LogP contribution is -2.13. The number of anilines is 1. The molecule has 0 atom stereocenters. The van der Waals surface area contributed by atoms with E-state index in [2.05, 4.69) is 29.4 Å². The Morgan fingerprint density at radius 1 is 0.970 bits per heavy atom. The van der Waals surface area contributed by atoms with Crippen molar-refractivity contribution in [2.24, 2.45) is 5.92 Å². The Balaban J connectivity index is 1.54. The summed E-state index contributed by atoms with van der Waals surface area (Å²) < 4.78 is 11.2. The highest BCUT2D eigenvalue weighted by molar-refractivity contribution is 6.05. The van der Waals surface area contributed by atoms with E-state index in [-0.39, 0.29) is 5.91 Å². The van der Waals surface area contributed by atoms with Gasteiger partial charge in [-0.05, 0) is 79.9 Å². The highest BCUT2D eigenvalue weighted by Gasteiger charge is 2.13. The number of hydrogen-bond acceptors (Lipinski definition) is 5. The molecule has 33 heavy (non-hydrogen) atoms. The average molecular weight is 445 g/mol. The number of nitrogens with one attached hydrogen (secondary N) is 1. The summed E-state index contributed by atoms with van der Waals surface area (Å²) >= 11 is 0. The number of carbonyl (C=O) groups is 1. The summed E-state index contributed by atoms with van der Waals surface area (Å²) in [6, 6.07) is 18.6. The second-order valence-electron chi connectivity index (χ2n) is 8.26. The molecule has 3 aromatic carbocycles. The third-order valence-corrected chi connectivity index (χ3v) is 5.03. The van der Waals surface area contributed by atoms with Crippen molar-refractivity contribution in [3.8, 4) is 17.2 Å². The maximum atomic E-state index is 12.9. The van der Waals surface area contributed by atoms with Gasteiger partial charge in [0.05, 0.1) is 18.9 Å². The van der Waals surface area contributed by atoms with E-state index >= 15 is 0 Å². The zero-order chi connectivity index (χ0) is 23.4. The quantitative estimate of drug-likeness (QED) is 0.393. The van der Waals surface area contributed by atoms with E-state index in [9.17, 15) is 4.79 Å². The summed E-state index contributed by atoms with van der Waals surface area (Å²) in [6.45, 7) is 9.28. The molecular weight excluding hydrogens is 416 g/mol. The van der Waals surface area contributed by atoms with Crippen LogP contribution in [0.2, 0.25) is 0 Å². The second kappa shape index (κ2) is 9.73. The molecule has 0 saturated carbocycles. The number of aryl methyl sites for hydroxylation is 1. The highest BCUT2D eigenvalue weighted by atomic mass is 16.5. The number of aromatic nitrogens is 3. The smallest absolute Gasteiger partial charge is 0.255 e. The minimum absolute atomic E-state index is 0.202. The number of ether oxygens (including phenoxy) is 2. The Bertz CT molecular complexity index is 1260. The van der Waals surface area contributed by atoms with Gasteiger partial charge in [0.25, 0.3) is 5.91 Å². The molecule has 0 radical (unpaired) electrons. The Morgan fingerprint density at radius 3 is 2.39 bits per heavy atom. The first kappa shape index (κ1) is 22.3. The standard InChI is InChI=1S/C26H28N4O3/c1-5-32-21-11-9-20(10-12-21)30-28-24-13-18(4)23(15-25(24)29-30)27-26(31)19-7-6-8-22(14-19)33-16-17(2)3/h6-15,17H,5,16H2,1-4H3,(H,27,31). The molecule has 0 fully saturated rings. The van der Waals surface area contributed by atoms with Crippen molar-refractivity contribution in [2.45, 2.75) is 27.7 Å². The number of benzene rings is 3. The molecule has 0 spiro atoms. The fourth-order valence-electron chi connectivity index (χ4n) is 3.34. The van der Waals surface area contributed by atoms with Gasteiger partial charge in [0.2, 0.25) is 0 Å². The fraction of sp³-hybridized carbons (Fsp3) is 0.269. The predicted octanol–water partition coefficient (Wildman–Crippen LogP) is 5.41. The molecule has 170 valence electrons. The van der Waals surface area contributed by atoms with Crippen molar-refractivity contribution >= 4 is 22.6 Å². The summed E-state index contributed by atoms with van der Waals surface area (Å²) in [5.41, 5.74) is 4.41. The zero-order valence-corrected chi connectivity index (χ0v) is 19.3. The molecule has 0 saturated heterocycles. The van der Waals surface area contributed by atoms with Gasteiger partial charge in [0.1, 0.15) is 22.5 Å². The van der Waals surface area contributed by atoms with Crippen molar-refractivity contribution in [3.05, 3.63) is 71.8 Å². The van der Waals surface area contributed by atoms with E-state index < -0.39 is 0 Å². The van der Waals surface area contributed by atoms with Gasteiger partial charge in [-0.3, -0.25) is 4.79 Å². The van der Waals surface area contributed by atoms with Gasteiger partial charge in [-0.25, -0.2) is 0 Å². The maximum Gasteiger partial charge on any atom is 0.255 e. The van der Waals surface area contributed by atoms with Crippen LogP contribution < -0.4 is 14.8 Å². The topological polar surface area (TPSA) is 78.3 Å². The first-order valence-corrected chi connectivity index (χ1v) is 11.1. The molecule has 0 aliphatic rings. The summed E-state index contributed by atoms with van der Waals surface area (Å²) in [7, 11) is 0. The summed E-state index contributed by atoms with van der Waals surface area (Å²) in [5, 5.41) is 12.2. The lowest BCUT2D eigenvalue weighted by molar-refractivity contribution is 0.102. The Kier molecular flexibility index (Phi) is 6.58. The second-order valence-corrected chi connectivity index (χ2v) is 8.26. The van der Waals surface area contributed by atoms with Crippen LogP contribution in [0.15, 0.2) is 60.7 Å². The van der Waals surface area contributed by atoms with Gasteiger partial charge in [-0.1, -0.05) is 19.9 Å².